The van der Waals surface area contributed by atoms with Crippen LogP contribution in [0.3, 0.4) is 0 Å². The van der Waals surface area contributed by atoms with E-state index in [1.54, 1.807) is 18.2 Å². The van der Waals surface area contributed by atoms with Gasteiger partial charge >= 0.3 is 0 Å². The van der Waals surface area contributed by atoms with Gasteiger partial charge in [-0.25, -0.2) is 4.39 Å². The summed E-state index contributed by atoms with van der Waals surface area (Å²) in [6.07, 6.45) is 0. The SMILES string of the molecule is COc1cccc(F)c1-c1ccc2[nH]c(O)c(C(C)=Nc3ccc(N4CCOCC4)cc3)c2c1. The standard InChI is InChI=1S/C27H26FN3O3/c1-17(29-19-7-9-20(10-8-19)31-12-14-34-15-13-31)25-21-16-18(6-11-23(21)30-27(25)32)26-22(28)4-3-5-24(26)33-2/h3-11,16,30,32H,12-15H2,1-2H3. The van der Waals surface area contributed by atoms with Crippen LogP contribution in [-0.4, -0.2) is 49.2 Å². The Morgan fingerprint density at radius 3 is 2.59 bits per heavy atom. The normalized spacial score (nSPS) is 14.6. The molecule has 3 aromatic carbocycles. The Morgan fingerprint density at radius 2 is 1.85 bits per heavy atom. The number of benzene rings is 3. The summed E-state index contributed by atoms with van der Waals surface area (Å²) in [5.41, 5.74) is 4.94. The first-order valence-electron chi connectivity index (χ1n) is 11.2. The summed E-state index contributed by atoms with van der Waals surface area (Å²) in [6.45, 7) is 5.08. The molecule has 5 rings (SSSR count). The summed E-state index contributed by atoms with van der Waals surface area (Å²) in [5.74, 6) is 0.107. The summed E-state index contributed by atoms with van der Waals surface area (Å²) < 4.78 is 25.5. The maximum Gasteiger partial charge on any atom is 0.198 e. The van der Waals surface area contributed by atoms with Crippen LogP contribution in [0, 0.1) is 5.82 Å². The van der Waals surface area contributed by atoms with E-state index in [0.717, 1.165) is 48.6 Å². The molecular weight excluding hydrogens is 433 g/mol. The van der Waals surface area contributed by atoms with Gasteiger partial charge in [-0.2, -0.15) is 0 Å². The van der Waals surface area contributed by atoms with E-state index in [-0.39, 0.29) is 11.7 Å². The van der Waals surface area contributed by atoms with Crippen molar-refractivity contribution < 1.29 is 19.0 Å². The number of aromatic nitrogens is 1. The van der Waals surface area contributed by atoms with Crippen molar-refractivity contribution in [2.24, 2.45) is 4.99 Å². The number of nitrogens with one attached hydrogen (secondary N) is 1. The molecule has 0 radical (unpaired) electrons. The lowest BCUT2D eigenvalue weighted by molar-refractivity contribution is 0.122. The minimum absolute atomic E-state index is 0.0267. The average molecular weight is 460 g/mol. The Bertz CT molecular complexity index is 1360. The number of aliphatic imine (C=N–C) groups is 1. The molecule has 1 saturated heterocycles. The molecule has 0 spiro atoms. The number of rotatable bonds is 5. The van der Waals surface area contributed by atoms with Crippen LogP contribution in [0.15, 0.2) is 65.7 Å². The quantitative estimate of drug-likeness (QED) is 0.378. The number of fused-ring (bicyclic) bond motifs is 1. The van der Waals surface area contributed by atoms with Crippen molar-refractivity contribution in [1.29, 1.82) is 0 Å². The third kappa shape index (κ3) is 4.10. The topological polar surface area (TPSA) is 70.1 Å². The highest BCUT2D eigenvalue weighted by atomic mass is 19.1. The number of halogens is 1. The van der Waals surface area contributed by atoms with E-state index in [9.17, 15) is 9.50 Å². The molecule has 34 heavy (non-hydrogen) atoms. The van der Waals surface area contributed by atoms with E-state index in [4.69, 9.17) is 14.5 Å². The number of aromatic amines is 1. The number of hydrogen-bond acceptors (Lipinski definition) is 5. The molecule has 0 atom stereocenters. The molecule has 2 heterocycles. The maximum atomic E-state index is 14.7. The van der Waals surface area contributed by atoms with Crippen molar-refractivity contribution in [1.82, 2.24) is 4.98 Å². The zero-order chi connectivity index (χ0) is 23.7. The number of nitrogens with zero attached hydrogens (tertiary/aromatic N) is 2. The molecular formula is C27H26FN3O3. The van der Waals surface area contributed by atoms with Crippen LogP contribution in [0.5, 0.6) is 11.6 Å². The number of methoxy groups -OCH3 is 1. The lowest BCUT2D eigenvalue weighted by Crippen LogP contribution is -2.36. The van der Waals surface area contributed by atoms with Crippen LogP contribution in [0.2, 0.25) is 0 Å². The summed E-state index contributed by atoms with van der Waals surface area (Å²) in [7, 11) is 1.52. The molecule has 4 aromatic rings. The van der Waals surface area contributed by atoms with Gasteiger partial charge in [0, 0.05) is 29.7 Å². The maximum absolute atomic E-state index is 14.7. The van der Waals surface area contributed by atoms with Crippen molar-refractivity contribution in [3.05, 3.63) is 72.0 Å². The molecule has 1 aliphatic heterocycles. The van der Waals surface area contributed by atoms with Crippen LogP contribution in [-0.2, 0) is 4.74 Å². The van der Waals surface area contributed by atoms with Gasteiger partial charge in [0.2, 0.25) is 0 Å². The molecule has 0 bridgehead atoms. The Labute approximate surface area is 197 Å². The number of hydrogen-bond donors (Lipinski definition) is 2. The van der Waals surface area contributed by atoms with Gasteiger partial charge in [0.05, 0.1) is 42.8 Å². The molecule has 6 nitrogen and oxygen atoms in total. The van der Waals surface area contributed by atoms with Crippen molar-refractivity contribution in [3.63, 3.8) is 0 Å². The fraction of sp³-hybridized carbons (Fsp3) is 0.222. The number of anilines is 1. The second-order valence-corrected chi connectivity index (χ2v) is 8.24. The van der Waals surface area contributed by atoms with Crippen LogP contribution >= 0.6 is 0 Å². The third-order valence-electron chi connectivity index (χ3n) is 6.15. The molecule has 1 aromatic heterocycles. The highest BCUT2D eigenvalue weighted by Crippen LogP contribution is 2.37. The monoisotopic (exact) mass is 459 g/mol. The van der Waals surface area contributed by atoms with Gasteiger partial charge in [-0.1, -0.05) is 12.1 Å². The molecule has 0 aliphatic carbocycles. The van der Waals surface area contributed by atoms with E-state index >= 15 is 0 Å². The minimum atomic E-state index is -0.370. The third-order valence-corrected chi connectivity index (χ3v) is 6.15. The van der Waals surface area contributed by atoms with Gasteiger partial charge in [0.25, 0.3) is 0 Å². The van der Waals surface area contributed by atoms with Crippen LogP contribution in [0.4, 0.5) is 15.8 Å². The van der Waals surface area contributed by atoms with E-state index in [1.165, 1.54) is 13.2 Å². The predicted octanol–water partition coefficient (Wildman–Crippen LogP) is 5.67. The van der Waals surface area contributed by atoms with Gasteiger partial charge in [-0.05, 0) is 61.0 Å². The first kappa shape index (κ1) is 22.0. The fourth-order valence-corrected chi connectivity index (χ4v) is 4.46. The summed E-state index contributed by atoms with van der Waals surface area (Å²) in [5, 5.41) is 11.4. The predicted molar refractivity (Wildman–Crippen MR) is 133 cm³/mol. The first-order chi connectivity index (χ1) is 16.5. The van der Waals surface area contributed by atoms with E-state index in [0.29, 0.717) is 28.2 Å². The lowest BCUT2D eigenvalue weighted by atomic mass is 10.00. The van der Waals surface area contributed by atoms with Gasteiger partial charge in [-0.3, -0.25) is 4.99 Å². The van der Waals surface area contributed by atoms with Crippen molar-refractivity contribution in [2.75, 3.05) is 38.3 Å². The Hall–Kier alpha value is -3.84. The second kappa shape index (κ2) is 9.19. The second-order valence-electron chi connectivity index (χ2n) is 8.24. The van der Waals surface area contributed by atoms with Gasteiger partial charge in [0.1, 0.15) is 11.6 Å². The van der Waals surface area contributed by atoms with Crippen molar-refractivity contribution in [3.8, 4) is 22.8 Å². The Balaban J connectivity index is 1.51. The number of H-pyrrole nitrogens is 1. The number of ether oxygens (including phenoxy) is 2. The molecule has 0 unspecified atom stereocenters. The lowest BCUT2D eigenvalue weighted by Gasteiger charge is -2.28. The van der Waals surface area contributed by atoms with E-state index in [1.807, 2.05) is 31.2 Å². The van der Waals surface area contributed by atoms with E-state index < -0.39 is 0 Å². The average Bonchev–Trinajstić information content (AvgIpc) is 3.19. The van der Waals surface area contributed by atoms with Gasteiger partial charge < -0.3 is 24.5 Å². The molecule has 7 heteroatoms. The highest BCUT2D eigenvalue weighted by Gasteiger charge is 2.18. The molecule has 174 valence electrons. The van der Waals surface area contributed by atoms with Gasteiger partial charge in [0.15, 0.2) is 5.88 Å². The summed E-state index contributed by atoms with van der Waals surface area (Å²) in [6, 6.07) is 18.3. The summed E-state index contributed by atoms with van der Waals surface area (Å²) in [4.78, 5) is 10.0. The van der Waals surface area contributed by atoms with Crippen molar-refractivity contribution >= 4 is 28.0 Å². The molecule has 1 fully saturated rings. The largest absolute Gasteiger partial charge is 0.496 e. The van der Waals surface area contributed by atoms with Crippen LogP contribution in [0.25, 0.3) is 22.0 Å². The molecule has 0 saturated carbocycles. The fourth-order valence-electron chi connectivity index (χ4n) is 4.46. The first-order valence-corrected chi connectivity index (χ1v) is 11.2. The summed E-state index contributed by atoms with van der Waals surface area (Å²) >= 11 is 0. The Morgan fingerprint density at radius 1 is 1.09 bits per heavy atom. The van der Waals surface area contributed by atoms with Crippen molar-refractivity contribution in [2.45, 2.75) is 6.92 Å². The number of aromatic hydroxyl groups is 1. The zero-order valence-electron chi connectivity index (χ0n) is 19.1. The molecule has 1 aliphatic rings. The minimum Gasteiger partial charge on any atom is -0.496 e. The zero-order valence-corrected chi connectivity index (χ0v) is 19.1. The Kier molecular flexibility index (Phi) is 5.94. The molecule has 2 N–H and O–H groups in total. The molecule has 0 amide bonds. The van der Waals surface area contributed by atoms with Gasteiger partial charge in [-0.15, -0.1) is 0 Å². The van der Waals surface area contributed by atoms with E-state index in [2.05, 4.69) is 22.0 Å². The highest BCUT2D eigenvalue weighted by molar-refractivity contribution is 6.13. The smallest absolute Gasteiger partial charge is 0.198 e. The van der Waals surface area contributed by atoms with Crippen LogP contribution < -0.4 is 9.64 Å². The number of morpholine rings is 1. The van der Waals surface area contributed by atoms with Crippen LogP contribution in [0.1, 0.15) is 12.5 Å².